The van der Waals surface area contributed by atoms with Crippen LogP contribution in [-0.2, 0) is 16.0 Å². The molecule has 1 atom stereocenters. The first-order chi connectivity index (χ1) is 11.1. The van der Waals surface area contributed by atoms with Crippen LogP contribution in [0.15, 0.2) is 28.9 Å². The van der Waals surface area contributed by atoms with Crippen molar-refractivity contribution in [3.05, 3.63) is 44.9 Å². The lowest BCUT2D eigenvalue weighted by Gasteiger charge is -2.22. The molecule has 0 spiro atoms. The first-order valence-electron chi connectivity index (χ1n) is 7.45. The van der Waals surface area contributed by atoms with Gasteiger partial charge in [-0.1, -0.05) is 28.1 Å². The quantitative estimate of drug-likeness (QED) is 0.779. The Labute approximate surface area is 159 Å². The van der Waals surface area contributed by atoms with Gasteiger partial charge in [0.25, 0.3) is 5.91 Å². The number of morpholine rings is 1. The summed E-state index contributed by atoms with van der Waals surface area (Å²) in [7, 11) is 0. The maximum absolute atomic E-state index is 12.1. The van der Waals surface area contributed by atoms with E-state index in [1.54, 1.807) is 0 Å². The zero-order chi connectivity index (χ0) is 16.2. The molecule has 0 bridgehead atoms. The molecule has 1 fully saturated rings. The van der Waals surface area contributed by atoms with Crippen molar-refractivity contribution < 1.29 is 9.53 Å². The molecule has 1 unspecified atom stereocenters. The van der Waals surface area contributed by atoms with Gasteiger partial charge in [-0.05, 0) is 24.1 Å². The zero-order valence-corrected chi connectivity index (χ0v) is 16.4. The van der Waals surface area contributed by atoms with Crippen LogP contribution in [0, 0.1) is 6.92 Å². The van der Waals surface area contributed by atoms with Gasteiger partial charge in [0.2, 0.25) is 0 Å². The average Bonchev–Trinajstić information content (AvgIpc) is 2.99. The summed E-state index contributed by atoms with van der Waals surface area (Å²) >= 11 is 5.01. The molecular weight excluding hydrogens is 414 g/mol. The molecule has 1 amide bonds. The van der Waals surface area contributed by atoms with Crippen molar-refractivity contribution in [2.45, 2.75) is 19.4 Å². The number of carbonyl (C=O) groups is 1. The van der Waals surface area contributed by atoms with E-state index < -0.39 is 6.10 Å². The number of nitrogens with zero attached hydrogens (tertiary/aromatic N) is 1. The third-order valence-corrected chi connectivity index (χ3v) is 5.41. The van der Waals surface area contributed by atoms with Gasteiger partial charge in [-0.15, -0.1) is 23.7 Å². The highest BCUT2D eigenvalue weighted by Gasteiger charge is 2.22. The number of rotatable bonds is 4. The molecule has 0 radical (unpaired) electrons. The van der Waals surface area contributed by atoms with E-state index in [0.717, 1.165) is 22.3 Å². The number of aromatic nitrogens is 1. The van der Waals surface area contributed by atoms with Crippen LogP contribution in [0.25, 0.3) is 0 Å². The summed E-state index contributed by atoms with van der Waals surface area (Å²) in [4.78, 5) is 17.5. The highest BCUT2D eigenvalue weighted by molar-refractivity contribution is 9.10. The molecule has 2 aromatic rings. The molecule has 0 aliphatic carbocycles. The SMILES string of the molecule is Cc1cc(Cc2cnc(NC(=O)C3CNCCO3)s2)ccc1Br.Cl. The summed E-state index contributed by atoms with van der Waals surface area (Å²) in [5, 5.41) is 6.60. The third-order valence-electron chi connectivity index (χ3n) is 3.60. The van der Waals surface area contributed by atoms with Crippen LogP contribution in [0.3, 0.4) is 0 Å². The van der Waals surface area contributed by atoms with Gasteiger partial charge in [-0.2, -0.15) is 0 Å². The van der Waals surface area contributed by atoms with Gasteiger partial charge in [0, 0.05) is 35.1 Å². The smallest absolute Gasteiger partial charge is 0.256 e. The predicted octanol–water partition coefficient (Wildman–Crippen LogP) is 3.15. The minimum absolute atomic E-state index is 0. The van der Waals surface area contributed by atoms with Crippen molar-refractivity contribution in [3.8, 4) is 0 Å². The number of ether oxygens (including phenoxy) is 1. The van der Waals surface area contributed by atoms with Crippen molar-refractivity contribution in [2.75, 3.05) is 25.0 Å². The molecule has 0 saturated carbocycles. The van der Waals surface area contributed by atoms with Gasteiger partial charge in [0.1, 0.15) is 6.10 Å². The number of carbonyl (C=O) groups excluding carboxylic acids is 1. The molecule has 24 heavy (non-hydrogen) atoms. The van der Waals surface area contributed by atoms with Gasteiger partial charge in [-0.3, -0.25) is 10.1 Å². The van der Waals surface area contributed by atoms with Crippen LogP contribution in [0.1, 0.15) is 16.0 Å². The van der Waals surface area contributed by atoms with Gasteiger partial charge in [0.15, 0.2) is 5.13 Å². The Morgan fingerprint density at radius 1 is 1.54 bits per heavy atom. The van der Waals surface area contributed by atoms with Crippen molar-refractivity contribution in [1.82, 2.24) is 10.3 Å². The molecule has 1 saturated heterocycles. The number of nitrogens with one attached hydrogen (secondary N) is 2. The second kappa shape index (κ2) is 8.92. The average molecular weight is 433 g/mol. The van der Waals surface area contributed by atoms with Crippen molar-refractivity contribution >= 4 is 50.7 Å². The lowest BCUT2D eigenvalue weighted by Crippen LogP contribution is -2.45. The van der Waals surface area contributed by atoms with E-state index in [1.165, 1.54) is 22.5 Å². The number of thiazole rings is 1. The van der Waals surface area contributed by atoms with Crippen LogP contribution in [0.2, 0.25) is 0 Å². The Morgan fingerprint density at radius 3 is 3.08 bits per heavy atom. The molecule has 1 aliphatic heterocycles. The Hall–Kier alpha value is -0.990. The molecular formula is C16H19BrClN3O2S. The summed E-state index contributed by atoms with van der Waals surface area (Å²) < 4.78 is 6.55. The largest absolute Gasteiger partial charge is 0.366 e. The molecule has 1 aliphatic rings. The fourth-order valence-corrected chi connectivity index (χ4v) is 3.48. The molecule has 1 aromatic heterocycles. The van der Waals surface area contributed by atoms with E-state index in [9.17, 15) is 4.79 Å². The van der Waals surface area contributed by atoms with Crippen molar-refractivity contribution in [3.63, 3.8) is 0 Å². The number of aryl methyl sites for hydroxylation is 1. The second-order valence-electron chi connectivity index (χ2n) is 5.44. The zero-order valence-electron chi connectivity index (χ0n) is 13.2. The van der Waals surface area contributed by atoms with Crippen LogP contribution in [-0.4, -0.2) is 36.7 Å². The Morgan fingerprint density at radius 2 is 2.38 bits per heavy atom. The van der Waals surface area contributed by atoms with E-state index in [1.807, 2.05) is 6.20 Å². The monoisotopic (exact) mass is 431 g/mol. The molecule has 1 aromatic carbocycles. The van der Waals surface area contributed by atoms with Crippen molar-refractivity contribution in [2.24, 2.45) is 0 Å². The Bertz CT molecular complexity index is 704. The summed E-state index contributed by atoms with van der Waals surface area (Å²) in [5.41, 5.74) is 2.44. The topological polar surface area (TPSA) is 63.2 Å². The minimum Gasteiger partial charge on any atom is -0.366 e. The fraction of sp³-hybridized carbons (Fsp3) is 0.375. The molecule has 5 nitrogen and oxygen atoms in total. The Kier molecular flexibility index (Phi) is 7.18. The van der Waals surface area contributed by atoms with Gasteiger partial charge >= 0.3 is 0 Å². The number of amides is 1. The van der Waals surface area contributed by atoms with Crippen molar-refractivity contribution in [1.29, 1.82) is 0 Å². The molecule has 130 valence electrons. The maximum atomic E-state index is 12.1. The van der Waals surface area contributed by atoms with Gasteiger partial charge in [0.05, 0.1) is 6.61 Å². The van der Waals surface area contributed by atoms with E-state index in [0.29, 0.717) is 18.3 Å². The first-order valence-corrected chi connectivity index (χ1v) is 9.05. The minimum atomic E-state index is -0.440. The number of hydrogen-bond acceptors (Lipinski definition) is 5. The normalized spacial score (nSPS) is 17.2. The maximum Gasteiger partial charge on any atom is 0.256 e. The predicted molar refractivity (Wildman–Crippen MR) is 102 cm³/mol. The van der Waals surface area contributed by atoms with Gasteiger partial charge in [-0.25, -0.2) is 4.98 Å². The van der Waals surface area contributed by atoms with E-state index >= 15 is 0 Å². The van der Waals surface area contributed by atoms with Crippen LogP contribution >= 0.6 is 39.7 Å². The standard InChI is InChI=1S/C16H18BrN3O2S.ClH/c1-10-6-11(2-3-13(10)17)7-12-8-19-16(23-12)20-15(21)14-9-18-4-5-22-14;/h2-3,6,8,14,18H,4-5,7,9H2,1H3,(H,19,20,21);1H. The molecule has 2 N–H and O–H groups in total. The highest BCUT2D eigenvalue weighted by atomic mass is 79.9. The highest BCUT2D eigenvalue weighted by Crippen LogP contribution is 2.24. The number of halogens is 2. The lowest BCUT2D eigenvalue weighted by atomic mass is 10.1. The second-order valence-corrected chi connectivity index (χ2v) is 7.41. The van der Waals surface area contributed by atoms with Gasteiger partial charge < -0.3 is 10.1 Å². The molecule has 2 heterocycles. The number of benzene rings is 1. The third kappa shape index (κ3) is 5.00. The van der Waals surface area contributed by atoms with Crippen LogP contribution < -0.4 is 10.6 Å². The lowest BCUT2D eigenvalue weighted by molar-refractivity contribution is -0.128. The fourth-order valence-electron chi connectivity index (χ4n) is 2.38. The van der Waals surface area contributed by atoms with Crippen LogP contribution in [0.4, 0.5) is 5.13 Å². The summed E-state index contributed by atoms with van der Waals surface area (Å²) in [5.74, 6) is -0.141. The summed E-state index contributed by atoms with van der Waals surface area (Å²) in [6, 6.07) is 6.31. The number of anilines is 1. The summed E-state index contributed by atoms with van der Waals surface area (Å²) in [6.07, 6.45) is 2.19. The van der Waals surface area contributed by atoms with E-state index in [-0.39, 0.29) is 18.3 Å². The molecule has 8 heteroatoms. The Balaban J connectivity index is 0.00000208. The van der Waals surface area contributed by atoms with E-state index in [2.05, 4.69) is 56.7 Å². The van der Waals surface area contributed by atoms with E-state index in [4.69, 9.17) is 4.74 Å². The first kappa shape index (κ1) is 19.3. The molecule has 3 rings (SSSR count). The summed E-state index contributed by atoms with van der Waals surface area (Å²) in [6.45, 7) is 3.97. The van der Waals surface area contributed by atoms with Crippen LogP contribution in [0.5, 0.6) is 0 Å². The number of hydrogen-bond donors (Lipinski definition) is 2.